The van der Waals surface area contributed by atoms with Crippen molar-refractivity contribution in [3.05, 3.63) is 36.3 Å². The monoisotopic (exact) mass is 509 g/mol. The van der Waals surface area contributed by atoms with E-state index < -0.39 is 24.7 Å². The van der Waals surface area contributed by atoms with Gasteiger partial charge in [0.25, 0.3) is 5.92 Å². The van der Waals surface area contributed by atoms with Gasteiger partial charge in [0, 0.05) is 18.3 Å². The number of likely N-dealkylation sites (tertiary alicyclic amines) is 1. The van der Waals surface area contributed by atoms with Gasteiger partial charge in [0.2, 0.25) is 11.8 Å². The lowest BCUT2D eigenvalue weighted by Gasteiger charge is -2.36. The second-order valence-electron chi connectivity index (χ2n) is 9.02. The molecule has 0 amide bonds. The van der Waals surface area contributed by atoms with Crippen LogP contribution in [0.4, 0.5) is 27.9 Å². The molecule has 1 aromatic carbocycles. The van der Waals surface area contributed by atoms with Crippen molar-refractivity contribution in [3.8, 4) is 17.0 Å². The maximum Gasteiger partial charge on any atom is 0.406 e. The molecule has 1 saturated heterocycles. The van der Waals surface area contributed by atoms with Crippen LogP contribution in [0.5, 0.6) is 5.88 Å². The average molecular weight is 509 g/mol. The lowest BCUT2D eigenvalue weighted by molar-refractivity contribution is -0.140. The molecule has 3 aromatic heterocycles. The van der Waals surface area contributed by atoms with Crippen LogP contribution in [0.25, 0.3) is 27.7 Å². The number of ether oxygens (including phenoxy) is 1. The highest BCUT2D eigenvalue weighted by Crippen LogP contribution is 2.35. The Morgan fingerprint density at radius 2 is 1.97 bits per heavy atom. The smallest absolute Gasteiger partial charge is 0.406 e. The number of aryl methyl sites for hydroxylation is 1. The normalized spacial score (nSPS) is 18.7. The molecule has 1 aliphatic heterocycles. The Bertz CT molecular complexity index is 1430. The van der Waals surface area contributed by atoms with Crippen LogP contribution < -0.4 is 10.1 Å². The van der Waals surface area contributed by atoms with E-state index in [-0.39, 0.29) is 30.6 Å². The first-order valence-corrected chi connectivity index (χ1v) is 11.3. The molecule has 8 nitrogen and oxygen atoms in total. The van der Waals surface area contributed by atoms with Crippen molar-refractivity contribution in [2.75, 3.05) is 32.6 Å². The van der Waals surface area contributed by atoms with Crippen molar-refractivity contribution in [2.45, 2.75) is 38.0 Å². The Kier molecular flexibility index (Phi) is 5.77. The minimum atomic E-state index is -4.40. The number of nitrogens with zero attached hydrogens (tertiary/aromatic N) is 6. The number of nitrogens with one attached hydrogen (secondary N) is 1. The number of fused-ring (bicyclic) bond motifs is 2. The summed E-state index contributed by atoms with van der Waals surface area (Å²) in [6, 6.07) is 5.61. The number of hydrogen-bond acceptors (Lipinski definition) is 6. The first kappa shape index (κ1) is 24.2. The molecule has 13 heteroatoms. The standard InChI is InChI=1S/C23H24F5N7O/c1-13-29-16-5-4-14(10-17(16)34(13)12-23(26,27)28)15-6-9-35-19(15)20(36-3)31-21(32-35)30-18-7-8-33(2)11-22(18,24)25/h4-6,9-10,18H,7-8,11-12H2,1-3H3,(H,30,32). The number of methoxy groups -OCH3 is 1. The third kappa shape index (κ3) is 4.43. The molecule has 0 aliphatic carbocycles. The minimum Gasteiger partial charge on any atom is -0.479 e. The summed E-state index contributed by atoms with van der Waals surface area (Å²) >= 11 is 0. The molecule has 0 bridgehead atoms. The van der Waals surface area contributed by atoms with Gasteiger partial charge in [0.15, 0.2) is 0 Å². The van der Waals surface area contributed by atoms with Gasteiger partial charge in [0.05, 0.1) is 30.7 Å². The number of hydrogen-bond donors (Lipinski definition) is 1. The van der Waals surface area contributed by atoms with Gasteiger partial charge in [-0.1, -0.05) is 6.07 Å². The lowest BCUT2D eigenvalue weighted by atomic mass is 10.0. The number of aromatic nitrogens is 5. The number of alkyl halides is 5. The maximum absolute atomic E-state index is 14.5. The van der Waals surface area contributed by atoms with E-state index in [0.29, 0.717) is 34.2 Å². The summed E-state index contributed by atoms with van der Waals surface area (Å²) in [4.78, 5) is 10.1. The molecule has 1 N–H and O–H groups in total. The van der Waals surface area contributed by atoms with E-state index in [9.17, 15) is 22.0 Å². The predicted octanol–water partition coefficient (Wildman–Crippen LogP) is 4.38. The van der Waals surface area contributed by atoms with Crippen molar-refractivity contribution in [1.82, 2.24) is 29.0 Å². The third-order valence-corrected chi connectivity index (χ3v) is 6.35. The van der Waals surface area contributed by atoms with Crippen LogP contribution in [0.2, 0.25) is 0 Å². The first-order chi connectivity index (χ1) is 16.9. The zero-order valence-corrected chi connectivity index (χ0v) is 19.8. The largest absolute Gasteiger partial charge is 0.479 e. The molecule has 36 heavy (non-hydrogen) atoms. The molecular formula is C23H24F5N7O. The highest BCUT2D eigenvalue weighted by atomic mass is 19.4. The van der Waals surface area contributed by atoms with Crippen LogP contribution in [0, 0.1) is 6.92 Å². The van der Waals surface area contributed by atoms with Crippen molar-refractivity contribution in [3.63, 3.8) is 0 Å². The van der Waals surface area contributed by atoms with Crippen LogP contribution in [0.1, 0.15) is 12.2 Å². The number of halogens is 5. The Morgan fingerprint density at radius 3 is 2.67 bits per heavy atom. The molecule has 0 saturated carbocycles. The van der Waals surface area contributed by atoms with Crippen LogP contribution in [-0.4, -0.2) is 74.4 Å². The number of piperidine rings is 1. The van der Waals surface area contributed by atoms with Gasteiger partial charge in [-0.3, -0.25) is 0 Å². The highest BCUT2D eigenvalue weighted by Gasteiger charge is 2.44. The molecule has 0 radical (unpaired) electrons. The average Bonchev–Trinajstić information content (AvgIpc) is 3.34. The maximum atomic E-state index is 14.5. The van der Waals surface area contributed by atoms with E-state index in [1.54, 1.807) is 42.4 Å². The summed E-state index contributed by atoms with van der Waals surface area (Å²) in [7, 11) is 3.05. The number of benzene rings is 1. The molecule has 5 rings (SSSR count). The van der Waals surface area contributed by atoms with Crippen LogP contribution in [-0.2, 0) is 6.54 Å². The summed E-state index contributed by atoms with van der Waals surface area (Å²) in [5.74, 6) is -2.58. The molecular weight excluding hydrogens is 485 g/mol. The zero-order valence-electron chi connectivity index (χ0n) is 19.8. The summed E-state index contributed by atoms with van der Waals surface area (Å²) in [5.41, 5.74) is 2.46. The topological polar surface area (TPSA) is 72.5 Å². The number of rotatable bonds is 5. The Hall–Kier alpha value is -3.48. The summed E-state index contributed by atoms with van der Waals surface area (Å²) in [5, 5.41) is 7.09. The fourth-order valence-corrected chi connectivity index (χ4v) is 4.66. The SMILES string of the molecule is COc1nc(NC2CCN(C)CC2(F)F)nn2ccc(-c3ccc4nc(C)n(CC(F)(F)F)c4c3)c12. The van der Waals surface area contributed by atoms with Crippen molar-refractivity contribution >= 4 is 22.5 Å². The fraction of sp³-hybridized carbons (Fsp3) is 0.435. The Morgan fingerprint density at radius 1 is 1.19 bits per heavy atom. The van der Waals surface area contributed by atoms with E-state index in [2.05, 4.69) is 20.4 Å². The van der Waals surface area contributed by atoms with Gasteiger partial charge in [-0.2, -0.15) is 18.2 Å². The summed E-state index contributed by atoms with van der Waals surface area (Å²) < 4.78 is 76.5. The Balaban J connectivity index is 1.54. The van der Waals surface area contributed by atoms with Crippen LogP contribution in [0.3, 0.4) is 0 Å². The second-order valence-corrected chi connectivity index (χ2v) is 9.02. The van der Waals surface area contributed by atoms with Gasteiger partial charge in [0.1, 0.15) is 17.9 Å². The predicted molar refractivity (Wildman–Crippen MR) is 124 cm³/mol. The van der Waals surface area contributed by atoms with E-state index >= 15 is 0 Å². The molecule has 1 fully saturated rings. The van der Waals surface area contributed by atoms with Crippen LogP contribution >= 0.6 is 0 Å². The lowest BCUT2D eigenvalue weighted by Crippen LogP contribution is -2.53. The van der Waals surface area contributed by atoms with Gasteiger partial charge in [-0.05, 0) is 44.2 Å². The van der Waals surface area contributed by atoms with Crippen molar-refractivity contribution < 1.29 is 26.7 Å². The van der Waals surface area contributed by atoms with E-state index in [1.165, 1.54) is 18.5 Å². The quantitative estimate of drug-likeness (QED) is 0.403. The van der Waals surface area contributed by atoms with E-state index in [1.807, 2.05) is 0 Å². The molecule has 0 spiro atoms. The highest BCUT2D eigenvalue weighted by molar-refractivity contribution is 5.89. The van der Waals surface area contributed by atoms with Crippen LogP contribution in [0.15, 0.2) is 30.5 Å². The molecule has 1 aliphatic rings. The van der Waals surface area contributed by atoms with Gasteiger partial charge in [-0.15, -0.1) is 5.10 Å². The number of imidazole rings is 1. The molecule has 4 heterocycles. The minimum absolute atomic E-state index is 0.00921. The van der Waals surface area contributed by atoms with E-state index in [4.69, 9.17) is 4.74 Å². The second kappa shape index (κ2) is 8.57. The molecule has 192 valence electrons. The molecule has 1 atom stereocenters. The van der Waals surface area contributed by atoms with Gasteiger partial charge in [-0.25, -0.2) is 18.3 Å². The van der Waals surface area contributed by atoms with Crippen molar-refractivity contribution in [1.29, 1.82) is 0 Å². The molecule has 1 unspecified atom stereocenters. The molecule has 4 aromatic rings. The third-order valence-electron chi connectivity index (χ3n) is 6.35. The Labute approximate surface area is 202 Å². The first-order valence-electron chi connectivity index (χ1n) is 11.3. The number of anilines is 1. The van der Waals surface area contributed by atoms with Gasteiger partial charge < -0.3 is 19.5 Å². The van der Waals surface area contributed by atoms with Crippen molar-refractivity contribution in [2.24, 2.45) is 0 Å². The van der Waals surface area contributed by atoms with E-state index in [0.717, 1.165) is 4.57 Å². The summed E-state index contributed by atoms with van der Waals surface area (Å²) in [6.45, 7) is 0.508. The van der Waals surface area contributed by atoms with Gasteiger partial charge >= 0.3 is 6.18 Å². The summed E-state index contributed by atoms with van der Waals surface area (Å²) in [6.07, 6.45) is -2.56. The fourth-order valence-electron chi connectivity index (χ4n) is 4.66. The zero-order chi connectivity index (χ0) is 25.8.